The average molecular weight is 243 g/mol. The number of nitrogens with zero attached hydrogens (tertiary/aromatic N) is 1. The van der Waals surface area contributed by atoms with Crippen molar-refractivity contribution in [2.24, 2.45) is 5.73 Å². The van der Waals surface area contributed by atoms with E-state index in [1.54, 1.807) is 7.11 Å². The lowest BCUT2D eigenvalue weighted by Gasteiger charge is -2.25. The van der Waals surface area contributed by atoms with E-state index in [4.69, 9.17) is 22.1 Å². The highest BCUT2D eigenvalue weighted by Gasteiger charge is 2.09. The largest absolute Gasteiger partial charge is 0.383 e. The average Bonchev–Trinajstić information content (AvgIpc) is 2.30. The first-order chi connectivity index (χ1) is 7.72. The number of hydrogen-bond acceptors (Lipinski definition) is 3. The molecule has 0 atom stereocenters. The van der Waals surface area contributed by atoms with E-state index in [9.17, 15) is 0 Å². The zero-order chi connectivity index (χ0) is 12.0. The molecule has 0 bridgehead atoms. The molecule has 1 aromatic rings. The number of anilines is 1. The van der Waals surface area contributed by atoms with E-state index in [1.807, 2.05) is 18.2 Å². The van der Waals surface area contributed by atoms with Crippen LogP contribution in [0.15, 0.2) is 18.2 Å². The van der Waals surface area contributed by atoms with Crippen LogP contribution in [-0.4, -0.2) is 26.8 Å². The lowest BCUT2D eigenvalue weighted by atomic mass is 10.1. The predicted octanol–water partition coefficient (Wildman–Crippen LogP) is 2.27. The molecule has 0 saturated heterocycles. The number of methoxy groups -OCH3 is 1. The third kappa shape index (κ3) is 3.37. The van der Waals surface area contributed by atoms with E-state index < -0.39 is 0 Å². The van der Waals surface area contributed by atoms with Crippen molar-refractivity contribution in [3.63, 3.8) is 0 Å². The Hall–Kier alpha value is -0.770. The molecular formula is C12H19ClN2O. The molecule has 0 aliphatic carbocycles. The number of nitrogens with two attached hydrogens (primary N) is 1. The van der Waals surface area contributed by atoms with Crippen molar-refractivity contribution in [2.45, 2.75) is 13.5 Å². The molecule has 0 aromatic heterocycles. The van der Waals surface area contributed by atoms with Crippen LogP contribution < -0.4 is 10.6 Å². The van der Waals surface area contributed by atoms with Gasteiger partial charge in [0, 0.05) is 37.5 Å². The van der Waals surface area contributed by atoms with Gasteiger partial charge in [-0.1, -0.05) is 17.7 Å². The Bertz CT molecular complexity index is 331. The van der Waals surface area contributed by atoms with Crippen molar-refractivity contribution in [2.75, 3.05) is 31.7 Å². The van der Waals surface area contributed by atoms with Gasteiger partial charge in [-0.05, 0) is 24.6 Å². The summed E-state index contributed by atoms with van der Waals surface area (Å²) in [6, 6.07) is 5.81. The lowest BCUT2D eigenvalue weighted by molar-refractivity contribution is 0.205. The van der Waals surface area contributed by atoms with Crippen molar-refractivity contribution < 1.29 is 4.74 Å². The standard InChI is InChI=1S/C12H19ClN2O/c1-3-15(6-7-16-2)12-8-11(13)5-4-10(12)9-14/h4-5,8H,3,6-7,9,14H2,1-2H3. The molecular weight excluding hydrogens is 224 g/mol. The topological polar surface area (TPSA) is 38.5 Å². The highest BCUT2D eigenvalue weighted by Crippen LogP contribution is 2.24. The highest BCUT2D eigenvalue weighted by molar-refractivity contribution is 6.30. The van der Waals surface area contributed by atoms with Gasteiger partial charge in [-0.3, -0.25) is 0 Å². The molecule has 2 N–H and O–H groups in total. The molecule has 4 heteroatoms. The fourth-order valence-corrected chi connectivity index (χ4v) is 1.82. The van der Waals surface area contributed by atoms with Gasteiger partial charge in [0.05, 0.1) is 6.61 Å². The molecule has 1 aromatic carbocycles. The second-order valence-corrected chi connectivity index (χ2v) is 3.99. The van der Waals surface area contributed by atoms with Crippen LogP contribution in [0.5, 0.6) is 0 Å². The molecule has 0 aliphatic heterocycles. The lowest BCUT2D eigenvalue weighted by Crippen LogP contribution is -2.28. The summed E-state index contributed by atoms with van der Waals surface area (Å²) < 4.78 is 5.09. The Morgan fingerprint density at radius 3 is 2.75 bits per heavy atom. The minimum Gasteiger partial charge on any atom is -0.383 e. The minimum atomic E-state index is 0.524. The third-order valence-electron chi connectivity index (χ3n) is 2.55. The summed E-state index contributed by atoms with van der Waals surface area (Å²) in [6.45, 7) is 5.09. The van der Waals surface area contributed by atoms with Gasteiger partial charge in [0.25, 0.3) is 0 Å². The first-order valence-electron chi connectivity index (χ1n) is 5.45. The zero-order valence-corrected chi connectivity index (χ0v) is 10.6. The highest BCUT2D eigenvalue weighted by atomic mass is 35.5. The van der Waals surface area contributed by atoms with Crippen LogP contribution in [0.4, 0.5) is 5.69 Å². The second-order valence-electron chi connectivity index (χ2n) is 3.55. The van der Waals surface area contributed by atoms with E-state index in [1.165, 1.54) is 0 Å². The molecule has 0 fully saturated rings. The summed E-state index contributed by atoms with van der Waals surface area (Å²) in [5.41, 5.74) is 7.94. The molecule has 0 heterocycles. The number of halogens is 1. The third-order valence-corrected chi connectivity index (χ3v) is 2.79. The van der Waals surface area contributed by atoms with Gasteiger partial charge >= 0.3 is 0 Å². The summed E-state index contributed by atoms with van der Waals surface area (Å²) in [6.07, 6.45) is 0. The normalized spacial score (nSPS) is 10.5. The van der Waals surface area contributed by atoms with E-state index in [2.05, 4.69) is 11.8 Å². The molecule has 0 aliphatic rings. The van der Waals surface area contributed by atoms with Crippen LogP contribution >= 0.6 is 11.6 Å². The molecule has 0 spiro atoms. The van der Waals surface area contributed by atoms with Crippen molar-refractivity contribution in [1.29, 1.82) is 0 Å². The first kappa shape index (κ1) is 13.3. The predicted molar refractivity (Wildman–Crippen MR) is 69.1 cm³/mol. The van der Waals surface area contributed by atoms with Crippen LogP contribution in [0.3, 0.4) is 0 Å². The molecule has 0 unspecified atom stereocenters. The second kappa shape index (κ2) is 6.74. The maximum atomic E-state index is 6.01. The van der Waals surface area contributed by atoms with Crippen molar-refractivity contribution in [3.8, 4) is 0 Å². The van der Waals surface area contributed by atoms with Gasteiger partial charge in [0.1, 0.15) is 0 Å². The fourth-order valence-electron chi connectivity index (χ4n) is 1.65. The molecule has 0 amide bonds. The quantitative estimate of drug-likeness (QED) is 0.832. The van der Waals surface area contributed by atoms with Crippen molar-refractivity contribution in [1.82, 2.24) is 0 Å². The Morgan fingerprint density at radius 2 is 2.19 bits per heavy atom. The molecule has 0 radical (unpaired) electrons. The molecule has 3 nitrogen and oxygen atoms in total. The number of ether oxygens (including phenoxy) is 1. The smallest absolute Gasteiger partial charge is 0.0637 e. The number of rotatable bonds is 6. The van der Waals surface area contributed by atoms with Crippen LogP contribution in [0.1, 0.15) is 12.5 Å². The Labute approximate surface area is 102 Å². The van der Waals surface area contributed by atoms with Crippen molar-refractivity contribution >= 4 is 17.3 Å². The SMILES string of the molecule is CCN(CCOC)c1cc(Cl)ccc1CN. The molecule has 90 valence electrons. The summed E-state index contributed by atoms with van der Waals surface area (Å²) in [5.74, 6) is 0. The monoisotopic (exact) mass is 242 g/mol. The van der Waals surface area contributed by atoms with Gasteiger partial charge in [-0.25, -0.2) is 0 Å². The zero-order valence-electron chi connectivity index (χ0n) is 9.87. The maximum Gasteiger partial charge on any atom is 0.0637 e. The van der Waals surface area contributed by atoms with E-state index in [0.717, 1.165) is 29.4 Å². The molecule has 0 saturated carbocycles. The molecule has 1 rings (SSSR count). The van der Waals surface area contributed by atoms with Crippen LogP contribution in [-0.2, 0) is 11.3 Å². The summed E-state index contributed by atoms with van der Waals surface area (Å²) in [7, 11) is 1.70. The van der Waals surface area contributed by atoms with Crippen LogP contribution in [0.25, 0.3) is 0 Å². The van der Waals surface area contributed by atoms with Gasteiger partial charge < -0.3 is 15.4 Å². The summed E-state index contributed by atoms with van der Waals surface area (Å²) in [4.78, 5) is 2.22. The van der Waals surface area contributed by atoms with Gasteiger partial charge in [-0.15, -0.1) is 0 Å². The van der Waals surface area contributed by atoms with Gasteiger partial charge in [0.2, 0.25) is 0 Å². The van der Waals surface area contributed by atoms with Crippen LogP contribution in [0, 0.1) is 0 Å². The van der Waals surface area contributed by atoms with E-state index in [0.29, 0.717) is 13.2 Å². The Morgan fingerprint density at radius 1 is 1.44 bits per heavy atom. The number of benzene rings is 1. The Balaban J connectivity index is 2.92. The fraction of sp³-hybridized carbons (Fsp3) is 0.500. The number of hydrogen-bond donors (Lipinski definition) is 1. The minimum absolute atomic E-state index is 0.524. The van der Waals surface area contributed by atoms with Crippen molar-refractivity contribution in [3.05, 3.63) is 28.8 Å². The van der Waals surface area contributed by atoms with E-state index >= 15 is 0 Å². The summed E-state index contributed by atoms with van der Waals surface area (Å²) in [5, 5.41) is 0.739. The molecule has 16 heavy (non-hydrogen) atoms. The summed E-state index contributed by atoms with van der Waals surface area (Å²) >= 11 is 6.01. The first-order valence-corrected chi connectivity index (χ1v) is 5.83. The van der Waals surface area contributed by atoms with Crippen LogP contribution in [0.2, 0.25) is 5.02 Å². The van der Waals surface area contributed by atoms with E-state index in [-0.39, 0.29) is 0 Å². The maximum absolute atomic E-state index is 6.01. The number of likely N-dealkylation sites (N-methyl/N-ethyl adjacent to an activating group) is 1. The van der Waals surface area contributed by atoms with Gasteiger partial charge in [-0.2, -0.15) is 0 Å². The Kier molecular flexibility index (Phi) is 5.60. The van der Waals surface area contributed by atoms with Gasteiger partial charge in [0.15, 0.2) is 0 Å².